The molecular weight excluding hydrogens is 492 g/mol. The Morgan fingerprint density at radius 3 is 1.86 bits per heavy atom. The molecule has 0 unspecified atom stereocenters. The smallest absolute Gasteiger partial charge is 0.344 e. The van der Waals surface area contributed by atoms with Crippen LogP contribution in [-0.4, -0.2) is 26.2 Å². The minimum absolute atomic E-state index is 0.0981. The molecule has 37 heavy (non-hydrogen) atoms. The van der Waals surface area contributed by atoms with Crippen molar-refractivity contribution in [3.63, 3.8) is 0 Å². The molecule has 0 aliphatic rings. The van der Waals surface area contributed by atoms with Crippen LogP contribution in [0.3, 0.4) is 0 Å². The molecule has 0 atom stereocenters. The number of fused-ring (bicyclic) bond motifs is 1. The first kappa shape index (κ1) is 26.0. The number of hydrogen-bond donors (Lipinski definition) is 0. The van der Waals surface area contributed by atoms with E-state index in [2.05, 4.69) is 0 Å². The van der Waals surface area contributed by atoms with Crippen LogP contribution in [0.1, 0.15) is 44.3 Å². The van der Waals surface area contributed by atoms with Gasteiger partial charge >= 0.3 is 11.9 Å². The van der Waals surface area contributed by atoms with Gasteiger partial charge in [-0.3, -0.25) is 0 Å². The van der Waals surface area contributed by atoms with E-state index >= 15 is 0 Å². The Bertz CT molecular complexity index is 1470. The molecule has 0 spiro atoms. The van der Waals surface area contributed by atoms with E-state index in [0.29, 0.717) is 26.9 Å². The van der Waals surface area contributed by atoms with Crippen molar-refractivity contribution in [2.24, 2.45) is 0 Å². The van der Waals surface area contributed by atoms with Crippen LogP contribution in [0.25, 0.3) is 10.8 Å². The molecule has 190 valence electrons. The van der Waals surface area contributed by atoms with Gasteiger partial charge in [-0.2, -0.15) is 0 Å². The van der Waals surface area contributed by atoms with Crippen molar-refractivity contribution in [3.05, 3.63) is 93.5 Å². The maximum atomic E-state index is 13.3. The van der Waals surface area contributed by atoms with E-state index in [9.17, 15) is 9.59 Å². The van der Waals surface area contributed by atoms with Crippen molar-refractivity contribution in [2.75, 3.05) is 14.2 Å². The second-order valence-corrected chi connectivity index (χ2v) is 8.95. The highest BCUT2D eigenvalue weighted by atomic mass is 35.5. The van der Waals surface area contributed by atoms with E-state index in [1.165, 1.54) is 14.2 Å². The van der Waals surface area contributed by atoms with Crippen LogP contribution in [0.2, 0.25) is 5.02 Å². The lowest BCUT2D eigenvalue weighted by Gasteiger charge is -2.20. The summed E-state index contributed by atoms with van der Waals surface area (Å²) in [6.07, 6.45) is 0.855. The summed E-state index contributed by atoms with van der Waals surface area (Å²) in [5, 5.41) is 1.29. The zero-order valence-electron chi connectivity index (χ0n) is 21.3. The second-order valence-electron chi connectivity index (χ2n) is 8.51. The van der Waals surface area contributed by atoms with E-state index in [1.807, 2.05) is 51.1 Å². The quantitative estimate of drug-likeness (QED) is 0.191. The van der Waals surface area contributed by atoms with Crippen molar-refractivity contribution in [1.82, 2.24) is 0 Å². The summed E-state index contributed by atoms with van der Waals surface area (Å²) in [4.78, 5) is 26.4. The fraction of sp³-hybridized carbons (Fsp3) is 0.200. The third kappa shape index (κ3) is 5.11. The lowest BCUT2D eigenvalue weighted by atomic mass is 10.0. The SMILES string of the molecule is CCc1ccc(C(=O)Oc2c(OC)c(OC)c(OC(=O)c3c(C)cccc3C)c3cc(Cl)ccc23)cc1. The molecule has 0 saturated heterocycles. The highest BCUT2D eigenvalue weighted by Crippen LogP contribution is 2.52. The van der Waals surface area contributed by atoms with Crippen LogP contribution in [0.5, 0.6) is 23.0 Å². The Morgan fingerprint density at radius 2 is 1.30 bits per heavy atom. The Balaban J connectivity index is 1.86. The van der Waals surface area contributed by atoms with Gasteiger partial charge in [0.15, 0.2) is 11.5 Å². The van der Waals surface area contributed by atoms with Gasteiger partial charge in [0.05, 0.1) is 25.3 Å². The van der Waals surface area contributed by atoms with Crippen molar-refractivity contribution in [3.8, 4) is 23.0 Å². The fourth-order valence-electron chi connectivity index (χ4n) is 4.23. The third-order valence-corrected chi connectivity index (χ3v) is 6.41. The largest absolute Gasteiger partial charge is 0.490 e. The Labute approximate surface area is 220 Å². The highest BCUT2D eigenvalue weighted by molar-refractivity contribution is 6.31. The van der Waals surface area contributed by atoms with Crippen molar-refractivity contribution in [2.45, 2.75) is 27.2 Å². The summed E-state index contributed by atoms with van der Waals surface area (Å²) in [5.74, 6) is -0.683. The molecule has 0 fully saturated rings. The molecule has 4 rings (SSSR count). The Hall–Kier alpha value is -4.03. The number of hydrogen-bond acceptors (Lipinski definition) is 6. The zero-order valence-corrected chi connectivity index (χ0v) is 22.1. The van der Waals surface area contributed by atoms with E-state index in [0.717, 1.165) is 23.1 Å². The first-order valence-corrected chi connectivity index (χ1v) is 12.1. The molecule has 0 aromatic heterocycles. The number of benzene rings is 4. The highest BCUT2D eigenvalue weighted by Gasteiger charge is 2.28. The van der Waals surface area contributed by atoms with Gasteiger partial charge < -0.3 is 18.9 Å². The summed E-state index contributed by atoms with van der Waals surface area (Å²) in [7, 11) is 2.84. The average molecular weight is 519 g/mol. The van der Waals surface area contributed by atoms with Crippen LogP contribution in [0, 0.1) is 13.8 Å². The molecule has 7 heteroatoms. The number of carbonyl (C=O) groups is 2. The Morgan fingerprint density at radius 1 is 0.730 bits per heavy atom. The van der Waals surface area contributed by atoms with Crippen LogP contribution < -0.4 is 18.9 Å². The van der Waals surface area contributed by atoms with Gasteiger partial charge in [-0.05, 0) is 67.3 Å². The molecule has 0 heterocycles. The molecule has 0 saturated carbocycles. The van der Waals surface area contributed by atoms with E-state index in [-0.39, 0.29) is 23.0 Å². The third-order valence-electron chi connectivity index (χ3n) is 6.17. The van der Waals surface area contributed by atoms with Gasteiger partial charge in [0.25, 0.3) is 0 Å². The van der Waals surface area contributed by atoms with Crippen LogP contribution >= 0.6 is 11.6 Å². The monoisotopic (exact) mass is 518 g/mol. The van der Waals surface area contributed by atoms with Gasteiger partial charge in [0.1, 0.15) is 0 Å². The predicted octanol–water partition coefficient (Wildman–Crippen LogP) is 7.13. The van der Waals surface area contributed by atoms with Crippen LogP contribution in [-0.2, 0) is 6.42 Å². The van der Waals surface area contributed by atoms with Gasteiger partial charge in [-0.25, -0.2) is 9.59 Å². The standard InChI is InChI=1S/C30H27ClO6/c1-6-19-10-12-20(13-11-19)29(32)36-25-22-15-14-21(31)16-23(22)26(28(35-5)27(25)34-4)37-30(33)24-17(2)8-7-9-18(24)3/h7-16H,6H2,1-5H3. The maximum Gasteiger partial charge on any atom is 0.344 e. The summed E-state index contributed by atoms with van der Waals surface area (Å²) < 4.78 is 23.0. The number of aryl methyl sites for hydroxylation is 3. The summed E-state index contributed by atoms with van der Waals surface area (Å²) in [6, 6.07) is 17.7. The van der Waals surface area contributed by atoms with E-state index in [1.54, 1.807) is 30.3 Å². The lowest BCUT2D eigenvalue weighted by molar-refractivity contribution is 0.0713. The van der Waals surface area contributed by atoms with E-state index in [4.69, 9.17) is 30.5 Å². The lowest BCUT2D eigenvalue weighted by Crippen LogP contribution is -2.14. The number of halogens is 1. The molecular formula is C30H27ClO6. The molecule has 4 aromatic rings. The predicted molar refractivity (Wildman–Crippen MR) is 144 cm³/mol. The minimum atomic E-state index is -0.570. The number of methoxy groups -OCH3 is 2. The van der Waals surface area contributed by atoms with Gasteiger partial charge in [0.2, 0.25) is 11.5 Å². The maximum absolute atomic E-state index is 13.3. The molecule has 6 nitrogen and oxygen atoms in total. The van der Waals surface area contributed by atoms with Crippen molar-refractivity contribution < 1.29 is 28.5 Å². The second kappa shape index (κ2) is 10.9. The Kier molecular flexibility index (Phi) is 7.69. The first-order valence-electron chi connectivity index (χ1n) is 11.8. The summed E-state index contributed by atoms with van der Waals surface area (Å²) in [5.41, 5.74) is 3.48. The number of esters is 2. The van der Waals surface area contributed by atoms with Gasteiger partial charge in [0, 0.05) is 15.8 Å². The topological polar surface area (TPSA) is 71.1 Å². The zero-order chi connectivity index (χ0) is 26.7. The fourth-order valence-corrected chi connectivity index (χ4v) is 4.41. The summed E-state index contributed by atoms with van der Waals surface area (Å²) >= 11 is 6.33. The van der Waals surface area contributed by atoms with Crippen molar-refractivity contribution >= 4 is 34.3 Å². The van der Waals surface area contributed by atoms with Gasteiger partial charge in [-0.15, -0.1) is 0 Å². The first-order chi connectivity index (χ1) is 17.8. The molecule has 0 bridgehead atoms. The van der Waals surface area contributed by atoms with Crippen LogP contribution in [0.15, 0.2) is 60.7 Å². The molecule has 0 aliphatic heterocycles. The normalized spacial score (nSPS) is 10.8. The van der Waals surface area contributed by atoms with Crippen molar-refractivity contribution in [1.29, 1.82) is 0 Å². The molecule has 0 aliphatic carbocycles. The minimum Gasteiger partial charge on any atom is -0.490 e. The van der Waals surface area contributed by atoms with E-state index < -0.39 is 11.9 Å². The van der Waals surface area contributed by atoms with Gasteiger partial charge in [-0.1, -0.05) is 48.9 Å². The molecule has 0 N–H and O–H groups in total. The van der Waals surface area contributed by atoms with Crippen LogP contribution in [0.4, 0.5) is 0 Å². The number of rotatable bonds is 7. The molecule has 0 amide bonds. The molecule has 0 radical (unpaired) electrons. The average Bonchev–Trinajstić information content (AvgIpc) is 2.89. The molecule has 4 aromatic carbocycles. The summed E-state index contributed by atoms with van der Waals surface area (Å²) in [6.45, 7) is 5.72. The number of carbonyl (C=O) groups excluding carboxylic acids is 2. The number of ether oxygens (including phenoxy) is 4.